The number of fused-ring (bicyclic) bond motifs is 2. The minimum absolute atomic E-state index is 0.181. The number of benzene rings is 3. The van der Waals surface area contributed by atoms with Crippen LogP contribution in [0.5, 0.6) is 0 Å². The highest BCUT2D eigenvalue weighted by atomic mass is 32.1. The highest BCUT2D eigenvalue weighted by Gasteiger charge is 2.33. The standard InChI is InChI=1S/C35H34N4O3S/c1-6-42-34(41)31-22(2)36-35-39(32(31)25-16-18-26(19-17-25)37(4)5)33(40)30(43-35)20-28-23(3)38(21-24-12-8-7-9-13-24)29-15-11-10-14-27(28)29/h7-20,32H,6,21H2,1-5H3/b30-20-/t32-/m0/s1. The lowest BCUT2D eigenvalue weighted by atomic mass is 9.95. The third-order valence-electron chi connectivity index (χ3n) is 7.98. The van der Waals surface area contributed by atoms with Crippen molar-refractivity contribution < 1.29 is 9.53 Å². The molecule has 3 aromatic carbocycles. The van der Waals surface area contributed by atoms with Gasteiger partial charge in [-0.15, -0.1) is 0 Å². The van der Waals surface area contributed by atoms with E-state index in [0.717, 1.165) is 40.0 Å². The van der Waals surface area contributed by atoms with Crippen molar-refractivity contribution in [2.75, 3.05) is 25.6 Å². The largest absolute Gasteiger partial charge is 0.463 e. The minimum Gasteiger partial charge on any atom is -0.463 e. The van der Waals surface area contributed by atoms with Crippen LogP contribution < -0.4 is 19.8 Å². The lowest BCUT2D eigenvalue weighted by molar-refractivity contribution is -0.139. The van der Waals surface area contributed by atoms with E-state index in [-0.39, 0.29) is 12.2 Å². The summed E-state index contributed by atoms with van der Waals surface area (Å²) in [5.74, 6) is -0.459. The van der Waals surface area contributed by atoms with Gasteiger partial charge in [0.05, 0.1) is 28.5 Å². The van der Waals surface area contributed by atoms with E-state index in [0.29, 0.717) is 20.6 Å². The number of carbonyl (C=O) groups excluding carboxylic acids is 1. The van der Waals surface area contributed by atoms with Gasteiger partial charge in [0, 0.05) is 48.5 Å². The summed E-state index contributed by atoms with van der Waals surface area (Å²) in [5.41, 5.74) is 7.02. The Labute approximate surface area is 254 Å². The zero-order chi connectivity index (χ0) is 30.2. The number of hydrogen-bond donors (Lipinski definition) is 0. The Kier molecular flexibility index (Phi) is 7.62. The van der Waals surface area contributed by atoms with Gasteiger partial charge in [-0.1, -0.05) is 72.0 Å². The molecule has 1 aliphatic rings. The molecular formula is C35H34N4O3S. The number of rotatable bonds is 7. The molecule has 0 N–H and O–H groups in total. The van der Waals surface area contributed by atoms with Gasteiger partial charge in [0.15, 0.2) is 4.80 Å². The average Bonchev–Trinajstić information content (AvgIpc) is 3.45. The molecular weight excluding hydrogens is 556 g/mol. The van der Waals surface area contributed by atoms with E-state index in [1.54, 1.807) is 11.5 Å². The zero-order valence-electron chi connectivity index (χ0n) is 25.0. The van der Waals surface area contributed by atoms with Gasteiger partial charge in [-0.05, 0) is 56.2 Å². The predicted molar refractivity (Wildman–Crippen MR) is 173 cm³/mol. The van der Waals surface area contributed by atoms with Crippen molar-refractivity contribution >= 4 is 40.0 Å². The van der Waals surface area contributed by atoms with Crippen molar-refractivity contribution in [3.8, 4) is 0 Å². The molecule has 0 fully saturated rings. The first kappa shape index (κ1) is 28.4. The number of ether oxygens (including phenoxy) is 1. The summed E-state index contributed by atoms with van der Waals surface area (Å²) in [7, 11) is 3.95. The number of hydrogen-bond acceptors (Lipinski definition) is 6. The fraction of sp³-hybridized carbons (Fsp3) is 0.229. The van der Waals surface area contributed by atoms with Crippen molar-refractivity contribution in [1.82, 2.24) is 9.13 Å². The van der Waals surface area contributed by atoms with Crippen molar-refractivity contribution in [3.05, 3.63) is 132 Å². The smallest absolute Gasteiger partial charge is 0.338 e. The number of esters is 1. The van der Waals surface area contributed by atoms with Gasteiger partial charge >= 0.3 is 5.97 Å². The predicted octanol–water partition coefficient (Wildman–Crippen LogP) is 5.18. The minimum atomic E-state index is -0.644. The van der Waals surface area contributed by atoms with E-state index in [9.17, 15) is 9.59 Å². The summed E-state index contributed by atoms with van der Waals surface area (Å²) in [6.45, 7) is 6.66. The fourth-order valence-electron chi connectivity index (χ4n) is 5.80. The lowest BCUT2D eigenvalue weighted by Crippen LogP contribution is -2.40. The number of allylic oxidation sites excluding steroid dienone is 1. The maximum absolute atomic E-state index is 14.2. The van der Waals surface area contributed by atoms with Crippen LogP contribution in [0.1, 0.15) is 42.3 Å². The molecule has 1 aliphatic heterocycles. The number of carbonyl (C=O) groups is 1. The molecule has 0 saturated heterocycles. The highest BCUT2D eigenvalue weighted by molar-refractivity contribution is 7.07. The summed E-state index contributed by atoms with van der Waals surface area (Å²) in [4.78, 5) is 34.8. The van der Waals surface area contributed by atoms with Gasteiger partial charge in [0.25, 0.3) is 5.56 Å². The fourth-order valence-corrected chi connectivity index (χ4v) is 6.83. The molecule has 2 aromatic heterocycles. The van der Waals surface area contributed by atoms with Crippen molar-refractivity contribution in [1.29, 1.82) is 0 Å². The Bertz CT molecular complexity index is 2050. The first-order valence-corrected chi connectivity index (χ1v) is 15.2. The second-order valence-electron chi connectivity index (χ2n) is 10.9. The first-order chi connectivity index (χ1) is 20.8. The summed E-state index contributed by atoms with van der Waals surface area (Å²) in [6.07, 6.45) is 1.98. The average molecular weight is 591 g/mol. The van der Waals surface area contributed by atoms with Crippen LogP contribution in [0.4, 0.5) is 5.69 Å². The van der Waals surface area contributed by atoms with E-state index in [4.69, 9.17) is 9.73 Å². The quantitative estimate of drug-likeness (QED) is 0.245. The van der Waals surface area contributed by atoms with Gasteiger partial charge in [-0.25, -0.2) is 9.79 Å². The molecule has 0 saturated carbocycles. The number of anilines is 1. The lowest BCUT2D eigenvalue weighted by Gasteiger charge is -2.25. The molecule has 0 bridgehead atoms. The van der Waals surface area contributed by atoms with Crippen LogP contribution in [0.15, 0.2) is 99.9 Å². The number of aromatic nitrogens is 2. The highest BCUT2D eigenvalue weighted by Crippen LogP contribution is 2.32. The van der Waals surface area contributed by atoms with Gasteiger partial charge in [-0.2, -0.15) is 0 Å². The Morgan fingerprint density at radius 2 is 1.70 bits per heavy atom. The van der Waals surface area contributed by atoms with Gasteiger partial charge in [0.1, 0.15) is 0 Å². The molecule has 0 radical (unpaired) electrons. The van der Waals surface area contributed by atoms with E-state index < -0.39 is 12.0 Å². The summed E-state index contributed by atoms with van der Waals surface area (Å²) >= 11 is 1.35. The Balaban J connectivity index is 1.54. The van der Waals surface area contributed by atoms with Crippen LogP contribution in [-0.4, -0.2) is 35.8 Å². The van der Waals surface area contributed by atoms with Crippen LogP contribution in [-0.2, 0) is 16.1 Å². The molecule has 7 nitrogen and oxygen atoms in total. The van der Waals surface area contributed by atoms with Gasteiger partial charge in [0.2, 0.25) is 0 Å². The van der Waals surface area contributed by atoms with Crippen LogP contribution in [0.3, 0.4) is 0 Å². The number of thiazole rings is 1. The van der Waals surface area contributed by atoms with E-state index in [2.05, 4.69) is 47.9 Å². The van der Waals surface area contributed by atoms with Crippen molar-refractivity contribution in [2.24, 2.45) is 4.99 Å². The van der Waals surface area contributed by atoms with Gasteiger partial charge in [-0.3, -0.25) is 9.36 Å². The monoisotopic (exact) mass is 590 g/mol. The van der Waals surface area contributed by atoms with Crippen LogP contribution >= 0.6 is 11.3 Å². The third-order valence-corrected chi connectivity index (χ3v) is 8.96. The SMILES string of the molecule is CCOC(=O)C1=C(C)N=c2s/c(=C\c3c(C)n(Cc4ccccc4)c4ccccc34)c(=O)n2[C@H]1c1ccc(N(C)C)cc1. The van der Waals surface area contributed by atoms with Crippen LogP contribution in [0.25, 0.3) is 17.0 Å². The van der Waals surface area contributed by atoms with Crippen molar-refractivity contribution in [2.45, 2.75) is 33.4 Å². The maximum Gasteiger partial charge on any atom is 0.338 e. The van der Waals surface area contributed by atoms with E-state index in [1.165, 1.54) is 16.9 Å². The second-order valence-corrected chi connectivity index (χ2v) is 11.9. The second kappa shape index (κ2) is 11.5. The number of para-hydroxylation sites is 1. The van der Waals surface area contributed by atoms with Crippen LogP contribution in [0, 0.1) is 6.92 Å². The Hall–Kier alpha value is -4.69. The van der Waals surface area contributed by atoms with Gasteiger partial charge < -0.3 is 14.2 Å². The molecule has 0 unspecified atom stereocenters. The van der Waals surface area contributed by atoms with Crippen molar-refractivity contribution in [3.63, 3.8) is 0 Å². The first-order valence-electron chi connectivity index (χ1n) is 14.4. The summed E-state index contributed by atoms with van der Waals surface area (Å²) in [5, 5.41) is 1.08. The molecule has 3 heterocycles. The molecule has 8 heteroatoms. The zero-order valence-corrected chi connectivity index (χ0v) is 25.8. The Morgan fingerprint density at radius 3 is 2.40 bits per heavy atom. The molecule has 5 aromatic rings. The van der Waals surface area contributed by atoms with E-state index >= 15 is 0 Å². The molecule has 1 atom stereocenters. The normalized spacial score (nSPS) is 15.0. The molecule has 0 aliphatic carbocycles. The molecule has 6 rings (SSSR count). The molecule has 0 spiro atoms. The topological polar surface area (TPSA) is 68.8 Å². The van der Waals surface area contributed by atoms with Crippen LogP contribution in [0.2, 0.25) is 0 Å². The summed E-state index contributed by atoms with van der Waals surface area (Å²) in [6, 6.07) is 26.0. The number of nitrogens with zero attached hydrogens (tertiary/aromatic N) is 4. The third kappa shape index (κ3) is 5.12. The Morgan fingerprint density at radius 1 is 1.00 bits per heavy atom. The molecule has 43 heavy (non-hydrogen) atoms. The maximum atomic E-state index is 14.2. The summed E-state index contributed by atoms with van der Waals surface area (Å²) < 4.78 is 9.97. The van der Waals surface area contributed by atoms with E-state index in [1.807, 2.05) is 74.5 Å². The molecule has 218 valence electrons. The molecule has 0 amide bonds.